The summed E-state index contributed by atoms with van der Waals surface area (Å²) >= 11 is 12.6. The molecule has 1 aromatic carbocycles. The van der Waals surface area contributed by atoms with Gasteiger partial charge in [0.15, 0.2) is 0 Å². The molecule has 1 saturated heterocycles. The van der Waals surface area contributed by atoms with Crippen LogP contribution in [0.5, 0.6) is 0 Å². The first-order valence-electron chi connectivity index (χ1n) is 15.4. The molecule has 2 aliphatic carbocycles. The van der Waals surface area contributed by atoms with Crippen LogP contribution in [0.3, 0.4) is 0 Å². The van der Waals surface area contributed by atoms with E-state index in [1.54, 1.807) is 12.1 Å². The number of benzene rings is 1. The van der Waals surface area contributed by atoms with Crippen LogP contribution in [0.25, 0.3) is 0 Å². The first-order valence-corrected chi connectivity index (χ1v) is 17.7. The zero-order valence-corrected chi connectivity index (χ0v) is 27.0. The van der Waals surface area contributed by atoms with Crippen molar-refractivity contribution in [2.24, 2.45) is 11.7 Å². The quantitative estimate of drug-likeness (QED) is 0.408. The Balaban J connectivity index is 1.20. The molecular weight excluding hydrogens is 645 g/mol. The van der Waals surface area contributed by atoms with Crippen LogP contribution in [0, 0.1) is 5.92 Å². The molecule has 2 saturated carbocycles. The van der Waals surface area contributed by atoms with Crippen molar-refractivity contribution in [2.45, 2.75) is 99.9 Å². The number of hydrogen-bond donors (Lipinski definition) is 3. The fraction of sp³-hybridized carbons (Fsp3) is 0.600. The summed E-state index contributed by atoms with van der Waals surface area (Å²) in [6.45, 7) is 0.347. The average Bonchev–Trinajstić information content (AvgIpc) is 3.87. The van der Waals surface area contributed by atoms with Crippen molar-refractivity contribution >= 4 is 57.0 Å². The number of amides is 4. The Morgan fingerprint density at radius 2 is 1.73 bits per heavy atom. The highest BCUT2D eigenvalue weighted by atomic mass is 35.5. The summed E-state index contributed by atoms with van der Waals surface area (Å²) in [6, 6.07) is 1.40. The van der Waals surface area contributed by atoms with Gasteiger partial charge in [0.2, 0.25) is 21.8 Å². The van der Waals surface area contributed by atoms with Crippen molar-refractivity contribution in [3.05, 3.63) is 45.5 Å². The Bertz CT molecular complexity index is 1520. The zero-order valence-electron chi connectivity index (χ0n) is 24.7. The largest absolute Gasteiger partial charge is 0.444 e. The van der Waals surface area contributed by atoms with E-state index in [9.17, 15) is 27.6 Å². The molecule has 4 N–H and O–H groups in total. The third kappa shape index (κ3) is 6.54. The summed E-state index contributed by atoms with van der Waals surface area (Å²) in [5, 5.41) is 3.16. The highest BCUT2D eigenvalue weighted by molar-refractivity contribution is 7.91. The van der Waals surface area contributed by atoms with Crippen molar-refractivity contribution < 1.29 is 32.3 Å². The van der Waals surface area contributed by atoms with Gasteiger partial charge in [0.25, 0.3) is 5.91 Å². The molecule has 3 fully saturated rings. The molecule has 0 radical (unpaired) electrons. The molecule has 45 heavy (non-hydrogen) atoms. The van der Waals surface area contributed by atoms with Crippen LogP contribution in [-0.2, 0) is 42.2 Å². The number of fused-ring (bicyclic) bond motifs is 3. The van der Waals surface area contributed by atoms with Gasteiger partial charge in [-0.1, -0.05) is 48.2 Å². The Labute approximate surface area is 272 Å². The van der Waals surface area contributed by atoms with Gasteiger partial charge < -0.3 is 20.7 Å². The van der Waals surface area contributed by atoms with Crippen molar-refractivity contribution in [1.82, 2.24) is 19.8 Å². The molecule has 244 valence electrons. The van der Waals surface area contributed by atoms with Crippen molar-refractivity contribution in [2.75, 3.05) is 6.54 Å². The topological polar surface area (TPSA) is 168 Å². The fourth-order valence-corrected chi connectivity index (χ4v) is 8.34. The number of halogens is 2. The summed E-state index contributed by atoms with van der Waals surface area (Å²) in [4.78, 5) is 56.9. The Morgan fingerprint density at radius 1 is 1.04 bits per heavy atom. The van der Waals surface area contributed by atoms with Gasteiger partial charge in [-0.15, -0.1) is 0 Å². The van der Waals surface area contributed by atoms with E-state index in [2.05, 4.69) is 10.0 Å². The Hall–Kier alpha value is -2.87. The van der Waals surface area contributed by atoms with Crippen LogP contribution in [0.4, 0.5) is 4.79 Å². The monoisotopic (exact) mass is 681 g/mol. The summed E-state index contributed by atoms with van der Waals surface area (Å²) < 4.78 is 33.2. The number of allylic oxidation sites excluding steroid dienone is 1. The first kappa shape index (κ1) is 32.1. The molecular formula is C30H37Cl2N5O7S. The SMILES string of the molecule is N[C@H]1CCCCC/C=C\[C@@H]2C[C@@]2(C(=O)NS(=O)(=O)C2CC2)NC(=O)C2C[C@@H](OC(=O)N3Cc4c(Cl)ccc(Cl)c4C3)CN2C1=O. The summed E-state index contributed by atoms with van der Waals surface area (Å²) in [5.74, 6) is -2.27. The van der Waals surface area contributed by atoms with Gasteiger partial charge in [-0.05, 0) is 61.8 Å². The molecule has 3 aliphatic heterocycles. The van der Waals surface area contributed by atoms with Crippen molar-refractivity contribution in [3.63, 3.8) is 0 Å². The lowest BCUT2D eigenvalue weighted by molar-refractivity contribution is -0.140. The van der Waals surface area contributed by atoms with Gasteiger partial charge in [-0.2, -0.15) is 0 Å². The molecule has 3 heterocycles. The Morgan fingerprint density at radius 3 is 2.40 bits per heavy atom. The second-order valence-corrected chi connectivity index (χ2v) is 15.5. The van der Waals surface area contributed by atoms with E-state index in [4.69, 9.17) is 33.7 Å². The van der Waals surface area contributed by atoms with Gasteiger partial charge in [-0.3, -0.25) is 24.0 Å². The van der Waals surface area contributed by atoms with Crippen LogP contribution >= 0.6 is 23.2 Å². The smallest absolute Gasteiger partial charge is 0.410 e. The maximum absolute atomic E-state index is 13.9. The average molecular weight is 683 g/mol. The van der Waals surface area contributed by atoms with E-state index in [0.717, 1.165) is 36.8 Å². The summed E-state index contributed by atoms with van der Waals surface area (Å²) in [5.41, 5.74) is 6.29. The molecule has 4 amide bonds. The fourth-order valence-electron chi connectivity index (χ4n) is 6.50. The number of ether oxygens (including phenoxy) is 1. The number of nitrogens with one attached hydrogen (secondary N) is 2. The van der Waals surface area contributed by atoms with Crippen molar-refractivity contribution in [1.29, 1.82) is 0 Å². The number of rotatable bonds is 4. The summed E-state index contributed by atoms with van der Waals surface area (Å²) in [7, 11) is -3.85. The molecule has 15 heteroatoms. The minimum Gasteiger partial charge on any atom is -0.444 e. The lowest BCUT2D eigenvalue weighted by Crippen LogP contribution is -2.57. The number of sulfonamides is 1. The molecule has 5 aliphatic rings. The van der Waals surface area contributed by atoms with Crippen LogP contribution in [0.15, 0.2) is 24.3 Å². The van der Waals surface area contributed by atoms with Crippen LogP contribution < -0.4 is 15.8 Å². The maximum atomic E-state index is 13.9. The molecule has 1 aromatic rings. The predicted octanol–water partition coefficient (Wildman–Crippen LogP) is 2.75. The minimum atomic E-state index is -3.85. The van der Waals surface area contributed by atoms with E-state index in [1.165, 1.54) is 9.80 Å². The number of nitrogens with zero attached hydrogens (tertiary/aromatic N) is 2. The highest BCUT2D eigenvalue weighted by Gasteiger charge is 2.62. The minimum absolute atomic E-state index is 0.0170. The number of nitrogens with two attached hydrogens (primary N) is 1. The van der Waals surface area contributed by atoms with E-state index in [0.29, 0.717) is 29.3 Å². The van der Waals surface area contributed by atoms with E-state index in [1.807, 2.05) is 12.2 Å². The molecule has 1 unspecified atom stereocenters. The number of carbonyl (C=O) groups excluding carboxylic acids is 4. The van der Waals surface area contributed by atoms with Gasteiger partial charge in [0.05, 0.1) is 30.9 Å². The molecule has 0 aromatic heterocycles. The highest BCUT2D eigenvalue weighted by Crippen LogP contribution is 2.46. The second kappa shape index (κ2) is 12.4. The van der Waals surface area contributed by atoms with Gasteiger partial charge in [0.1, 0.15) is 17.7 Å². The van der Waals surface area contributed by atoms with E-state index < -0.39 is 68.7 Å². The van der Waals surface area contributed by atoms with Crippen LogP contribution in [0.1, 0.15) is 68.9 Å². The van der Waals surface area contributed by atoms with E-state index in [-0.39, 0.29) is 32.5 Å². The zero-order chi connectivity index (χ0) is 32.1. The third-order valence-electron chi connectivity index (χ3n) is 9.42. The van der Waals surface area contributed by atoms with Gasteiger partial charge in [0, 0.05) is 22.4 Å². The summed E-state index contributed by atoms with van der Waals surface area (Å²) in [6.07, 6.45) is 7.09. The first-order chi connectivity index (χ1) is 21.4. The molecule has 5 atom stereocenters. The number of carbonyl (C=O) groups is 4. The normalized spacial score (nSPS) is 31.1. The lowest BCUT2D eigenvalue weighted by Gasteiger charge is -2.28. The molecule has 12 nitrogen and oxygen atoms in total. The van der Waals surface area contributed by atoms with Gasteiger partial charge >= 0.3 is 6.09 Å². The maximum Gasteiger partial charge on any atom is 0.410 e. The predicted molar refractivity (Wildman–Crippen MR) is 165 cm³/mol. The standard InChI is InChI=1S/C30H37Cl2N5O7S/c31-22-10-11-23(32)21-16-36(15-20(21)22)29(41)44-18-12-25-26(38)34-30(28(40)35-45(42,43)19-8-9-19)13-17(30)6-4-2-1-3-5-7-24(33)27(39)37(25)14-18/h4,6,10-11,17-19,24-25H,1-3,5,7-9,12-16,33H2,(H,34,38)(H,35,40)/b6-4-/t17-,18-,24+,25?,30-/m1/s1. The van der Waals surface area contributed by atoms with E-state index >= 15 is 0 Å². The van der Waals surface area contributed by atoms with Gasteiger partial charge in [-0.25, -0.2) is 13.2 Å². The Kier molecular flexibility index (Phi) is 8.83. The number of hydrogen-bond acceptors (Lipinski definition) is 8. The third-order valence-corrected chi connectivity index (χ3v) is 12.0. The van der Waals surface area contributed by atoms with Crippen LogP contribution in [0.2, 0.25) is 10.0 Å². The molecule has 0 spiro atoms. The molecule has 0 bridgehead atoms. The molecule has 6 rings (SSSR count). The van der Waals surface area contributed by atoms with Crippen molar-refractivity contribution in [3.8, 4) is 0 Å². The lowest BCUT2D eigenvalue weighted by atomic mass is 10.1. The second-order valence-electron chi connectivity index (χ2n) is 12.7. The van der Waals surface area contributed by atoms with Crippen LogP contribution in [-0.4, -0.2) is 77.6 Å².